The molecular weight excluding hydrogens is 374 g/mol. The van der Waals surface area contributed by atoms with E-state index in [-0.39, 0.29) is 17.9 Å². The number of carbonyl (C=O) groups is 1. The number of nitrogens with two attached hydrogens (primary N) is 1. The van der Waals surface area contributed by atoms with Crippen LogP contribution in [0, 0.1) is 0 Å². The summed E-state index contributed by atoms with van der Waals surface area (Å²) in [6.45, 7) is 0.822. The Morgan fingerprint density at radius 3 is 2.53 bits per heavy atom. The molecule has 6 heteroatoms. The molecule has 6 nitrogen and oxygen atoms in total. The summed E-state index contributed by atoms with van der Waals surface area (Å²) in [5.41, 5.74) is 9.56. The SMILES string of the molecule is Nc1ncc(-c2ccc(C3CCCCN3C(=O)CCCc3ccccc3)cn2)cn1. The zero-order valence-corrected chi connectivity index (χ0v) is 17.1. The monoisotopic (exact) mass is 401 g/mol. The number of carbonyl (C=O) groups excluding carboxylic acids is 1. The maximum absolute atomic E-state index is 13.0. The number of nitrogen functional groups attached to an aromatic ring is 1. The molecule has 1 aliphatic heterocycles. The average molecular weight is 402 g/mol. The Bertz CT molecular complexity index is 957. The summed E-state index contributed by atoms with van der Waals surface area (Å²) >= 11 is 0. The van der Waals surface area contributed by atoms with Crippen LogP contribution in [0.4, 0.5) is 5.95 Å². The van der Waals surface area contributed by atoms with Crippen LogP contribution >= 0.6 is 0 Å². The van der Waals surface area contributed by atoms with Crippen LogP contribution in [0.1, 0.15) is 49.3 Å². The van der Waals surface area contributed by atoms with E-state index in [4.69, 9.17) is 5.73 Å². The van der Waals surface area contributed by atoms with Crippen molar-refractivity contribution in [3.05, 3.63) is 72.2 Å². The second-order valence-electron chi connectivity index (χ2n) is 7.74. The van der Waals surface area contributed by atoms with Gasteiger partial charge in [-0.2, -0.15) is 0 Å². The normalized spacial score (nSPS) is 16.4. The molecule has 0 aliphatic carbocycles. The number of aromatic nitrogens is 3. The summed E-state index contributed by atoms with van der Waals surface area (Å²) in [5.74, 6) is 0.491. The minimum Gasteiger partial charge on any atom is -0.368 e. The predicted molar refractivity (Wildman–Crippen MR) is 117 cm³/mol. The Morgan fingerprint density at radius 1 is 1.00 bits per heavy atom. The standard InChI is InChI=1S/C24H27N5O/c25-24-27-16-20(17-28-24)21-13-12-19(15-26-21)22-10-4-5-14-29(22)23(30)11-6-9-18-7-2-1-3-8-18/h1-3,7-8,12-13,15-17,22H,4-6,9-11,14H2,(H2,25,27,28). The van der Waals surface area contributed by atoms with Gasteiger partial charge in [0.15, 0.2) is 0 Å². The Labute approximate surface area is 177 Å². The number of piperidine rings is 1. The van der Waals surface area contributed by atoms with Gasteiger partial charge in [0, 0.05) is 37.1 Å². The van der Waals surface area contributed by atoms with Crippen molar-refractivity contribution in [1.82, 2.24) is 19.9 Å². The first kappa shape index (κ1) is 20.0. The Morgan fingerprint density at radius 2 is 1.80 bits per heavy atom. The van der Waals surface area contributed by atoms with Crippen molar-refractivity contribution < 1.29 is 4.79 Å². The van der Waals surface area contributed by atoms with Crippen LogP contribution in [-0.2, 0) is 11.2 Å². The third-order valence-electron chi connectivity index (χ3n) is 5.66. The molecule has 0 radical (unpaired) electrons. The lowest BCUT2D eigenvalue weighted by Gasteiger charge is -2.36. The summed E-state index contributed by atoms with van der Waals surface area (Å²) in [4.78, 5) is 27.7. The number of likely N-dealkylation sites (tertiary alicyclic amines) is 1. The summed E-state index contributed by atoms with van der Waals surface area (Å²) < 4.78 is 0. The summed E-state index contributed by atoms with van der Waals surface area (Å²) in [5, 5.41) is 0. The zero-order valence-electron chi connectivity index (χ0n) is 17.1. The quantitative estimate of drug-likeness (QED) is 0.669. The van der Waals surface area contributed by atoms with E-state index in [0.717, 1.165) is 55.5 Å². The van der Waals surface area contributed by atoms with E-state index in [1.807, 2.05) is 30.5 Å². The van der Waals surface area contributed by atoms with E-state index in [1.165, 1.54) is 5.56 Å². The molecule has 0 bridgehead atoms. The number of benzene rings is 1. The Hall–Kier alpha value is -3.28. The van der Waals surface area contributed by atoms with Crippen LogP contribution in [0.25, 0.3) is 11.3 Å². The topological polar surface area (TPSA) is 85.0 Å². The Kier molecular flexibility index (Phi) is 6.32. The van der Waals surface area contributed by atoms with Crippen molar-refractivity contribution >= 4 is 11.9 Å². The average Bonchev–Trinajstić information content (AvgIpc) is 2.80. The molecule has 1 fully saturated rings. The molecule has 2 N–H and O–H groups in total. The molecule has 0 spiro atoms. The van der Waals surface area contributed by atoms with Crippen LogP contribution < -0.4 is 5.73 Å². The van der Waals surface area contributed by atoms with Crippen molar-refractivity contribution in [2.75, 3.05) is 12.3 Å². The van der Waals surface area contributed by atoms with Gasteiger partial charge in [-0.1, -0.05) is 36.4 Å². The predicted octanol–water partition coefficient (Wildman–Crippen LogP) is 4.20. The van der Waals surface area contributed by atoms with Gasteiger partial charge in [-0.3, -0.25) is 9.78 Å². The van der Waals surface area contributed by atoms with Gasteiger partial charge in [0.25, 0.3) is 0 Å². The zero-order chi connectivity index (χ0) is 20.8. The van der Waals surface area contributed by atoms with Crippen molar-refractivity contribution in [3.63, 3.8) is 0 Å². The molecule has 1 unspecified atom stereocenters. The molecule has 154 valence electrons. The molecule has 1 aliphatic rings. The lowest BCUT2D eigenvalue weighted by Crippen LogP contribution is -2.38. The van der Waals surface area contributed by atoms with Gasteiger partial charge >= 0.3 is 0 Å². The van der Waals surface area contributed by atoms with E-state index < -0.39 is 0 Å². The third kappa shape index (κ3) is 4.82. The van der Waals surface area contributed by atoms with Gasteiger partial charge in [0.1, 0.15) is 0 Å². The molecule has 3 aromatic rings. The fourth-order valence-electron chi connectivity index (χ4n) is 4.05. The van der Waals surface area contributed by atoms with E-state index in [9.17, 15) is 4.79 Å². The fourth-order valence-corrected chi connectivity index (χ4v) is 4.05. The highest BCUT2D eigenvalue weighted by atomic mass is 16.2. The first-order chi connectivity index (χ1) is 14.7. The van der Waals surface area contributed by atoms with Crippen molar-refractivity contribution in [3.8, 4) is 11.3 Å². The van der Waals surface area contributed by atoms with Crippen molar-refractivity contribution in [2.24, 2.45) is 0 Å². The number of rotatable bonds is 6. The lowest BCUT2D eigenvalue weighted by molar-refractivity contribution is -0.135. The minimum atomic E-state index is 0.104. The minimum absolute atomic E-state index is 0.104. The van der Waals surface area contributed by atoms with E-state index in [2.05, 4.69) is 38.1 Å². The van der Waals surface area contributed by atoms with Gasteiger partial charge in [-0.05, 0) is 49.3 Å². The van der Waals surface area contributed by atoms with Crippen LogP contribution in [0.5, 0.6) is 0 Å². The number of pyridine rings is 1. The van der Waals surface area contributed by atoms with E-state index in [0.29, 0.717) is 6.42 Å². The van der Waals surface area contributed by atoms with Gasteiger partial charge < -0.3 is 10.6 Å². The number of nitrogens with zero attached hydrogens (tertiary/aromatic N) is 4. The lowest BCUT2D eigenvalue weighted by atomic mass is 9.95. The van der Waals surface area contributed by atoms with Gasteiger partial charge in [0.2, 0.25) is 11.9 Å². The highest BCUT2D eigenvalue weighted by Gasteiger charge is 2.27. The van der Waals surface area contributed by atoms with Gasteiger partial charge in [-0.25, -0.2) is 9.97 Å². The molecular formula is C24H27N5O. The largest absolute Gasteiger partial charge is 0.368 e. The summed E-state index contributed by atoms with van der Waals surface area (Å²) in [6, 6.07) is 14.5. The molecule has 1 saturated heterocycles. The molecule has 2 aromatic heterocycles. The summed E-state index contributed by atoms with van der Waals surface area (Å²) in [6.07, 6.45) is 10.8. The van der Waals surface area contributed by atoms with Crippen LogP contribution in [0.3, 0.4) is 0 Å². The molecule has 1 atom stereocenters. The number of aryl methyl sites for hydroxylation is 1. The van der Waals surface area contributed by atoms with Crippen molar-refractivity contribution in [2.45, 2.75) is 44.6 Å². The number of hydrogen-bond donors (Lipinski definition) is 1. The van der Waals surface area contributed by atoms with Crippen molar-refractivity contribution in [1.29, 1.82) is 0 Å². The number of hydrogen-bond acceptors (Lipinski definition) is 5. The van der Waals surface area contributed by atoms with E-state index in [1.54, 1.807) is 12.4 Å². The van der Waals surface area contributed by atoms with Crippen LogP contribution in [-0.4, -0.2) is 32.3 Å². The molecule has 4 rings (SSSR count). The van der Waals surface area contributed by atoms with Gasteiger partial charge in [0.05, 0.1) is 11.7 Å². The third-order valence-corrected chi connectivity index (χ3v) is 5.66. The molecule has 1 aromatic carbocycles. The molecule has 1 amide bonds. The second kappa shape index (κ2) is 9.48. The highest BCUT2D eigenvalue weighted by Crippen LogP contribution is 2.32. The fraction of sp³-hybridized carbons (Fsp3) is 0.333. The first-order valence-electron chi connectivity index (χ1n) is 10.6. The highest BCUT2D eigenvalue weighted by molar-refractivity contribution is 5.77. The maximum Gasteiger partial charge on any atom is 0.223 e. The smallest absolute Gasteiger partial charge is 0.223 e. The number of amides is 1. The number of anilines is 1. The maximum atomic E-state index is 13.0. The van der Waals surface area contributed by atoms with E-state index >= 15 is 0 Å². The molecule has 0 saturated carbocycles. The Balaban J connectivity index is 1.41. The van der Waals surface area contributed by atoms with Crippen LogP contribution in [0.2, 0.25) is 0 Å². The summed E-state index contributed by atoms with van der Waals surface area (Å²) in [7, 11) is 0. The van der Waals surface area contributed by atoms with Crippen LogP contribution in [0.15, 0.2) is 61.1 Å². The molecule has 30 heavy (non-hydrogen) atoms. The van der Waals surface area contributed by atoms with Gasteiger partial charge in [-0.15, -0.1) is 0 Å². The molecule has 3 heterocycles. The first-order valence-corrected chi connectivity index (χ1v) is 10.6. The second-order valence-corrected chi connectivity index (χ2v) is 7.74.